The Bertz CT molecular complexity index is 541. The maximum atomic E-state index is 12.8. The zero-order valence-electron chi connectivity index (χ0n) is 11.1. The molecule has 0 aliphatic heterocycles. The van der Waals surface area contributed by atoms with Crippen molar-refractivity contribution in [3.63, 3.8) is 0 Å². The van der Waals surface area contributed by atoms with Gasteiger partial charge in [0.15, 0.2) is 0 Å². The molecule has 0 saturated heterocycles. The number of hydrogen-bond acceptors (Lipinski definition) is 3. The standard InChI is InChI=1S/C12H13F3N2O3/c1-7(2)11(18)16(3)8-4-5-10(17(19)20)9(6-8)12(13,14)15/h4-7H,1-3H3. The van der Waals surface area contributed by atoms with Crippen molar-refractivity contribution >= 4 is 17.3 Å². The minimum absolute atomic E-state index is 0.0402. The number of benzene rings is 1. The zero-order chi connectivity index (χ0) is 15.7. The largest absolute Gasteiger partial charge is 0.423 e. The average molecular weight is 290 g/mol. The van der Waals surface area contributed by atoms with Crippen LogP contribution in [0.3, 0.4) is 0 Å². The molecule has 0 aliphatic rings. The van der Waals surface area contributed by atoms with Crippen molar-refractivity contribution in [1.29, 1.82) is 0 Å². The van der Waals surface area contributed by atoms with Gasteiger partial charge in [0.25, 0.3) is 5.69 Å². The highest BCUT2D eigenvalue weighted by molar-refractivity contribution is 5.94. The van der Waals surface area contributed by atoms with Gasteiger partial charge in [-0.3, -0.25) is 14.9 Å². The quantitative estimate of drug-likeness (QED) is 0.634. The lowest BCUT2D eigenvalue weighted by atomic mass is 10.1. The molecule has 0 spiro atoms. The van der Waals surface area contributed by atoms with Crippen LogP contribution in [-0.4, -0.2) is 17.9 Å². The van der Waals surface area contributed by atoms with Crippen LogP contribution < -0.4 is 4.90 Å². The van der Waals surface area contributed by atoms with Crippen molar-refractivity contribution in [2.45, 2.75) is 20.0 Å². The van der Waals surface area contributed by atoms with Crippen molar-refractivity contribution in [1.82, 2.24) is 0 Å². The number of carbonyl (C=O) groups excluding carboxylic acids is 1. The van der Waals surface area contributed by atoms with Gasteiger partial charge in [-0.15, -0.1) is 0 Å². The number of anilines is 1. The SMILES string of the molecule is CC(C)C(=O)N(C)c1ccc([N+](=O)[O-])c(C(F)(F)F)c1. The summed E-state index contributed by atoms with van der Waals surface area (Å²) in [6.45, 7) is 3.21. The maximum Gasteiger partial charge on any atom is 0.423 e. The molecule has 8 heteroatoms. The van der Waals surface area contributed by atoms with Crippen molar-refractivity contribution in [3.05, 3.63) is 33.9 Å². The molecule has 0 fully saturated rings. The van der Waals surface area contributed by atoms with Crippen LogP contribution in [0.4, 0.5) is 24.5 Å². The topological polar surface area (TPSA) is 63.5 Å². The molecule has 110 valence electrons. The first-order valence-corrected chi connectivity index (χ1v) is 5.69. The molecule has 0 aromatic heterocycles. The molecule has 0 atom stereocenters. The van der Waals surface area contributed by atoms with Gasteiger partial charge in [0, 0.05) is 24.7 Å². The van der Waals surface area contributed by atoms with Gasteiger partial charge in [-0.05, 0) is 12.1 Å². The van der Waals surface area contributed by atoms with E-state index in [1.165, 1.54) is 7.05 Å². The third kappa shape index (κ3) is 3.25. The monoisotopic (exact) mass is 290 g/mol. The molecule has 0 radical (unpaired) electrons. The molecule has 1 aromatic carbocycles. The Balaban J connectivity index is 3.33. The van der Waals surface area contributed by atoms with Crippen LogP contribution in [0.25, 0.3) is 0 Å². The van der Waals surface area contributed by atoms with Crippen LogP contribution in [-0.2, 0) is 11.0 Å². The van der Waals surface area contributed by atoms with E-state index in [2.05, 4.69) is 0 Å². The molecular weight excluding hydrogens is 277 g/mol. The Morgan fingerprint density at radius 1 is 1.35 bits per heavy atom. The molecule has 20 heavy (non-hydrogen) atoms. The van der Waals surface area contributed by atoms with Crippen LogP contribution >= 0.6 is 0 Å². The first-order valence-electron chi connectivity index (χ1n) is 5.69. The fourth-order valence-corrected chi connectivity index (χ4v) is 1.63. The molecule has 1 rings (SSSR count). The summed E-state index contributed by atoms with van der Waals surface area (Å²) in [5.74, 6) is -0.781. The number of nitro benzene ring substituents is 1. The van der Waals surface area contributed by atoms with Crippen molar-refractivity contribution in [3.8, 4) is 0 Å². The molecule has 1 aromatic rings. The third-order valence-electron chi connectivity index (χ3n) is 2.69. The Morgan fingerprint density at radius 2 is 1.90 bits per heavy atom. The molecule has 1 amide bonds. The van der Waals surface area contributed by atoms with Crippen molar-refractivity contribution in [2.24, 2.45) is 5.92 Å². The summed E-state index contributed by atoms with van der Waals surface area (Å²) in [7, 11) is 1.32. The maximum absolute atomic E-state index is 12.8. The predicted octanol–water partition coefficient (Wildman–Crippen LogP) is 3.23. The van der Waals surface area contributed by atoms with Gasteiger partial charge in [0.1, 0.15) is 5.56 Å². The first-order chi connectivity index (χ1) is 9.05. The Kier molecular flexibility index (Phi) is 4.36. The molecule has 0 saturated carbocycles. The van der Waals surface area contributed by atoms with E-state index in [1.807, 2.05) is 0 Å². The summed E-state index contributed by atoms with van der Waals surface area (Å²) < 4.78 is 38.4. The van der Waals surface area contributed by atoms with Gasteiger partial charge in [0.2, 0.25) is 5.91 Å². The van der Waals surface area contributed by atoms with Crippen molar-refractivity contribution in [2.75, 3.05) is 11.9 Å². The summed E-state index contributed by atoms with van der Waals surface area (Å²) in [5.41, 5.74) is -2.45. The van der Waals surface area contributed by atoms with E-state index in [1.54, 1.807) is 13.8 Å². The number of alkyl halides is 3. The summed E-state index contributed by atoms with van der Waals surface area (Å²) in [4.78, 5) is 22.3. The van der Waals surface area contributed by atoms with Gasteiger partial charge in [0.05, 0.1) is 4.92 Å². The molecule has 0 heterocycles. The summed E-state index contributed by atoms with van der Waals surface area (Å²) in [6, 6.07) is 2.48. The van der Waals surface area contributed by atoms with E-state index in [9.17, 15) is 28.1 Å². The van der Waals surface area contributed by atoms with E-state index >= 15 is 0 Å². The fraction of sp³-hybridized carbons (Fsp3) is 0.417. The Morgan fingerprint density at radius 3 is 2.30 bits per heavy atom. The second kappa shape index (κ2) is 5.48. The molecule has 5 nitrogen and oxygen atoms in total. The lowest BCUT2D eigenvalue weighted by Crippen LogP contribution is -2.30. The number of nitro groups is 1. The molecule has 0 aliphatic carbocycles. The van der Waals surface area contributed by atoms with Crippen LogP contribution in [0.1, 0.15) is 19.4 Å². The summed E-state index contributed by atoms with van der Waals surface area (Å²) in [5, 5.41) is 10.6. The molecule has 0 bridgehead atoms. The van der Waals surface area contributed by atoms with Gasteiger partial charge in [-0.2, -0.15) is 13.2 Å². The lowest BCUT2D eigenvalue weighted by Gasteiger charge is -2.20. The summed E-state index contributed by atoms with van der Waals surface area (Å²) in [6.07, 6.45) is -4.86. The fourth-order valence-electron chi connectivity index (χ4n) is 1.63. The molecular formula is C12H13F3N2O3. The van der Waals surface area contributed by atoms with Gasteiger partial charge >= 0.3 is 6.18 Å². The Labute approximate surface area is 113 Å². The van der Waals surface area contributed by atoms with Crippen LogP contribution in [0.15, 0.2) is 18.2 Å². The number of amides is 1. The predicted molar refractivity (Wildman–Crippen MR) is 66.3 cm³/mol. The second-order valence-corrected chi connectivity index (χ2v) is 4.51. The summed E-state index contributed by atoms with van der Waals surface area (Å²) >= 11 is 0. The van der Waals surface area contributed by atoms with Crippen LogP contribution in [0.5, 0.6) is 0 Å². The highest BCUT2D eigenvalue weighted by Crippen LogP contribution is 2.38. The number of halogens is 3. The normalized spacial score (nSPS) is 11.6. The van der Waals surface area contributed by atoms with Crippen LogP contribution in [0.2, 0.25) is 0 Å². The van der Waals surface area contributed by atoms with E-state index in [0.29, 0.717) is 6.07 Å². The Hall–Kier alpha value is -2.12. The van der Waals surface area contributed by atoms with E-state index < -0.39 is 28.3 Å². The third-order valence-corrected chi connectivity index (χ3v) is 2.69. The number of carbonyl (C=O) groups is 1. The number of nitrogens with zero attached hydrogens (tertiary/aromatic N) is 2. The van der Waals surface area contributed by atoms with Crippen molar-refractivity contribution < 1.29 is 22.9 Å². The number of rotatable bonds is 3. The average Bonchev–Trinajstić information content (AvgIpc) is 2.34. The van der Waals surface area contributed by atoms with Gasteiger partial charge in [-0.25, -0.2) is 0 Å². The molecule has 0 N–H and O–H groups in total. The molecule has 0 unspecified atom stereocenters. The van der Waals surface area contributed by atoms with Gasteiger partial charge in [-0.1, -0.05) is 13.8 Å². The van der Waals surface area contributed by atoms with E-state index in [4.69, 9.17) is 0 Å². The zero-order valence-corrected chi connectivity index (χ0v) is 11.1. The number of hydrogen-bond donors (Lipinski definition) is 0. The first kappa shape index (κ1) is 15.9. The smallest absolute Gasteiger partial charge is 0.315 e. The minimum Gasteiger partial charge on any atom is -0.315 e. The van der Waals surface area contributed by atoms with E-state index in [-0.39, 0.29) is 11.6 Å². The minimum atomic E-state index is -4.86. The van der Waals surface area contributed by atoms with E-state index in [0.717, 1.165) is 17.0 Å². The van der Waals surface area contributed by atoms with Gasteiger partial charge < -0.3 is 4.90 Å². The highest BCUT2D eigenvalue weighted by Gasteiger charge is 2.38. The highest BCUT2D eigenvalue weighted by atomic mass is 19.4. The lowest BCUT2D eigenvalue weighted by molar-refractivity contribution is -0.388. The van der Waals surface area contributed by atoms with Crippen LogP contribution in [0, 0.1) is 16.0 Å². The second-order valence-electron chi connectivity index (χ2n) is 4.51.